The molecule has 2 aromatic rings. The molecule has 3 rings (SSSR count). The minimum atomic E-state index is -2.65. The Morgan fingerprint density at radius 2 is 1.52 bits per heavy atom. The molecular weight excluding hydrogens is 549 g/mol. The Morgan fingerprint density at radius 1 is 0.975 bits per heavy atom. The van der Waals surface area contributed by atoms with Crippen molar-refractivity contribution in [2.45, 2.75) is 89.8 Å². The number of nitrogens with zero attached hydrogens (tertiary/aromatic N) is 1. The smallest absolute Gasteiger partial charge is 0.353 e. The van der Waals surface area contributed by atoms with E-state index in [1.807, 2.05) is 12.1 Å². The van der Waals surface area contributed by atoms with Crippen LogP contribution in [-0.2, 0) is 31.7 Å². The second-order valence-corrected chi connectivity index (χ2v) is 11.7. The van der Waals surface area contributed by atoms with E-state index in [1.165, 1.54) is 18.4 Å². The predicted molar refractivity (Wildman–Crippen MR) is 161 cm³/mol. The molecule has 10 heteroatoms. The number of unbranched alkanes of at least 4 members (excludes halogenated alkanes) is 1. The van der Waals surface area contributed by atoms with Crippen LogP contribution in [-0.4, -0.2) is 47.3 Å². The summed E-state index contributed by atoms with van der Waals surface area (Å²) in [7, 11) is 1.59. The SMILES string of the molecule is CCCC.CN(C)C1(Cc2ccc(Cl)cc2)CCC(NC(=O)CCC(=O)Nc2ccc(CO[P+](=O)O)cc2)CC1. The highest BCUT2D eigenvalue weighted by Gasteiger charge is 2.37. The number of amides is 2. The van der Waals surface area contributed by atoms with E-state index >= 15 is 0 Å². The van der Waals surface area contributed by atoms with Crippen LogP contribution < -0.4 is 10.6 Å². The molecule has 0 spiro atoms. The van der Waals surface area contributed by atoms with Gasteiger partial charge in [0.25, 0.3) is 0 Å². The molecule has 40 heavy (non-hydrogen) atoms. The summed E-state index contributed by atoms with van der Waals surface area (Å²) in [4.78, 5) is 35.7. The molecule has 2 amide bonds. The summed E-state index contributed by atoms with van der Waals surface area (Å²) in [6, 6.07) is 14.9. The van der Waals surface area contributed by atoms with Crippen molar-refractivity contribution < 1.29 is 23.6 Å². The van der Waals surface area contributed by atoms with Crippen molar-refractivity contribution in [1.29, 1.82) is 0 Å². The lowest BCUT2D eigenvalue weighted by Gasteiger charge is -2.45. The van der Waals surface area contributed by atoms with Gasteiger partial charge < -0.3 is 15.5 Å². The number of carbonyl (C=O) groups excluding carboxylic acids is 2. The molecule has 1 aliphatic rings. The van der Waals surface area contributed by atoms with E-state index in [1.54, 1.807) is 24.3 Å². The van der Waals surface area contributed by atoms with Crippen LogP contribution in [0.15, 0.2) is 48.5 Å². The number of hydrogen-bond donors (Lipinski definition) is 3. The average Bonchev–Trinajstić information content (AvgIpc) is 2.94. The van der Waals surface area contributed by atoms with E-state index in [4.69, 9.17) is 16.5 Å². The van der Waals surface area contributed by atoms with Gasteiger partial charge in [0.1, 0.15) is 6.61 Å². The number of halogens is 1. The Labute approximate surface area is 244 Å². The standard InChI is InChI=1S/C26H33ClN3O5P.C4H10/c1-30(2)26(17-19-3-7-21(27)8-4-19)15-13-23(14-16-26)29-25(32)12-11-24(31)28-22-9-5-20(6-10-22)18-35-36(33)34;1-3-4-2/h3-10,23H,11-18H2,1-2H3,(H2-,28,29,31,32,33,34);3-4H2,1-2H3/p+1. The van der Waals surface area contributed by atoms with Crippen LogP contribution in [0.25, 0.3) is 0 Å². The summed E-state index contributed by atoms with van der Waals surface area (Å²) in [5.41, 5.74) is 2.60. The molecule has 2 aromatic carbocycles. The molecule has 1 atom stereocenters. The van der Waals surface area contributed by atoms with Gasteiger partial charge in [0.15, 0.2) is 0 Å². The minimum absolute atomic E-state index is 0.0120. The van der Waals surface area contributed by atoms with Crippen LogP contribution in [0, 0.1) is 0 Å². The van der Waals surface area contributed by atoms with Crippen molar-refractivity contribution in [3.05, 3.63) is 64.7 Å². The first-order valence-electron chi connectivity index (χ1n) is 14.0. The lowest BCUT2D eigenvalue weighted by molar-refractivity contribution is -0.125. The molecule has 0 radical (unpaired) electrons. The number of hydrogen-bond acceptors (Lipinski definition) is 5. The Hall–Kier alpha value is -2.35. The van der Waals surface area contributed by atoms with Gasteiger partial charge in [-0.2, -0.15) is 0 Å². The topological polar surface area (TPSA) is 108 Å². The van der Waals surface area contributed by atoms with Gasteiger partial charge in [-0.3, -0.25) is 9.59 Å². The molecule has 0 heterocycles. The Kier molecular flexibility index (Phi) is 14.8. The van der Waals surface area contributed by atoms with Gasteiger partial charge in [-0.05, 0) is 81.6 Å². The zero-order chi connectivity index (χ0) is 29.5. The molecule has 1 aliphatic carbocycles. The highest BCUT2D eigenvalue weighted by molar-refractivity contribution is 7.32. The zero-order valence-corrected chi connectivity index (χ0v) is 25.8. The summed E-state index contributed by atoms with van der Waals surface area (Å²) in [6.07, 6.45) is 7.53. The number of anilines is 1. The normalized spacial score (nSPS) is 18.9. The van der Waals surface area contributed by atoms with Crippen molar-refractivity contribution in [3.8, 4) is 0 Å². The fourth-order valence-corrected chi connectivity index (χ4v) is 5.01. The monoisotopic (exact) mass is 592 g/mol. The number of rotatable bonds is 12. The van der Waals surface area contributed by atoms with Gasteiger partial charge in [0.05, 0.1) is 0 Å². The number of likely N-dealkylation sites (N-methyl/N-ethyl adjacent to an activating group) is 1. The zero-order valence-electron chi connectivity index (χ0n) is 24.1. The third-order valence-corrected chi connectivity index (χ3v) is 7.94. The van der Waals surface area contributed by atoms with Gasteiger partial charge in [0.2, 0.25) is 11.8 Å². The van der Waals surface area contributed by atoms with Crippen LogP contribution in [0.1, 0.15) is 76.3 Å². The first-order valence-corrected chi connectivity index (χ1v) is 15.5. The van der Waals surface area contributed by atoms with Gasteiger partial charge in [-0.25, -0.2) is 0 Å². The van der Waals surface area contributed by atoms with Crippen LogP contribution in [0.3, 0.4) is 0 Å². The molecule has 220 valence electrons. The highest BCUT2D eigenvalue weighted by atomic mass is 35.5. The lowest BCUT2D eigenvalue weighted by Crippen LogP contribution is -2.52. The predicted octanol–water partition coefficient (Wildman–Crippen LogP) is 6.63. The van der Waals surface area contributed by atoms with Crippen LogP contribution in [0.4, 0.5) is 5.69 Å². The maximum absolute atomic E-state index is 12.5. The van der Waals surface area contributed by atoms with Gasteiger partial charge in [-0.1, -0.05) is 62.6 Å². The molecule has 0 saturated heterocycles. The van der Waals surface area contributed by atoms with E-state index < -0.39 is 8.25 Å². The fraction of sp³-hybridized carbons (Fsp3) is 0.533. The van der Waals surface area contributed by atoms with E-state index in [0.29, 0.717) is 11.3 Å². The molecule has 1 unspecified atom stereocenters. The van der Waals surface area contributed by atoms with Crippen molar-refractivity contribution in [1.82, 2.24) is 10.2 Å². The molecule has 8 nitrogen and oxygen atoms in total. The van der Waals surface area contributed by atoms with E-state index in [0.717, 1.165) is 37.1 Å². The van der Waals surface area contributed by atoms with Crippen molar-refractivity contribution >= 4 is 37.4 Å². The van der Waals surface area contributed by atoms with Crippen LogP contribution >= 0.6 is 19.9 Å². The molecule has 1 fully saturated rings. The van der Waals surface area contributed by atoms with Crippen LogP contribution in [0.5, 0.6) is 0 Å². The Bertz CT molecular complexity index is 1070. The quantitative estimate of drug-likeness (QED) is 0.239. The van der Waals surface area contributed by atoms with Crippen LogP contribution in [0.2, 0.25) is 5.02 Å². The second kappa shape index (κ2) is 17.5. The molecular formula is C30H44ClN3O5P+. The second-order valence-electron chi connectivity index (χ2n) is 10.5. The van der Waals surface area contributed by atoms with E-state index in [9.17, 15) is 14.2 Å². The first-order chi connectivity index (χ1) is 19.1. The van der Waals surface area contributed by atoms with Gasteiger partial charge in [0, 0.05) is 39.7 Å². The lowest BCUT2D eigenvalue weighted by atomic mass is 9.75. The largest absolute Gasteiger partial charge is 0.695 e. The molecule has 0 aliphatic heterocycles. The summed E-state index contributed by atoms with van der Waals surface area (Å²) in [5, 5.41) is 6.60. The molecule has 0 bridgehead atoms. The summed E-state index contributed by atoms with van der Waals surface area (Å²) in [6.45, 7) is 4.37. The van der Waals surface area contributed by atoms with Gasteiger partial charge in [-0.15, -0.1) is 9.42 Å². The van der Waals surface area contributed by atoms with E-state index in [-0.39, 0.29) is 42.8 Å². The summed E-state index contributed by atoms with van der Waals surface area (Å²) in [5.74, 6) is -0.360. The summed E-state index contributed by atoms with van der Waals surface area (Å²) >= 11 is 6.03. The third kappa shape index (κ3) is 12.0. The molecule has 1 saturated carbocycles. The Balaban J connectivity index is 0.00000131. The third-order valence-electron chi connectivity index (χ3n) is 7.34. The number of nitrogens with one attached hydrogen (secondary N) is 2. The van der Waals surface area contributed by atoms with Gasteiger partial charge >= 0.3 is 8.25 Å². The van der Waals surface area contributed by atoms with Crippen molar-refractivity contribution in [2.24, 2.45) is 0 Å². The molecule has 3 N–H and O–H groups in total. The Morgan fingerprint density at radius 3 is 2.05 bits per heavy atom. The maximum Gasteiger partial charge on any atom is 0.695 e. The maximum atomic E-state index is 12.5. The minimum Gasteiger partial charge on any atom is -0.353 e. The highest BCUT2D eigenvalue weighted by Crippen LogP contribution is 2.35. The first kappa shape index (κ1) is 33.9. The number of benzene rings is 2. The number of carbonyl (C=O) groups is 2. The fourth-order valence-electron chi connectivity index (χ4n) is 4.63. The average molecular weight is 593 g/mol. The van der Waals surface area contributed by atoms with E-state index in [2.05, 4.69) is 60.1 Å². The molecule has 0 aromatic heterocycles. The summed E-state index contributed by atoms with van der Waals surface area (Å²) < 4.78 is 15.3. The van der Waals surface area contributed by atoms with Crippen molar-refractivity contribution in [3.63, 3.8) is 0 Å². The van der Waals surface area contributed by atoms with Crippen molar-refractivity contribution in [2.75, 3.05) is 19.4 Å².